The Morgan fingerprint density at radius 3 is 2.92 bits per heavy atom. The van der Waals surface area contributed by atoms with Crippen molar-refractivity contribution in [1.82, 2.24) is 0 Å². The van der Waals surface area contributed by atoms with Gasteiger partial charge >= 0.3 is 5.97 Å². The zero-order valence-electron chi connectivity index (χ0n) is 7.24. The fourth-order valence-corrected chi connectivity index (χ4v) is 1.35. The molecule has 1 heterocycles. The molecule has 3 heteroatoms. The molecule has 0 aromatic carbocycles. The fourth-order valence-electron chi connectivity index (χ4n) is 0.696. The van der Waals surface area contributed by atoms with Gasteiger partial charge in [0.1, 0.15) is 6.61 Å². The van der Waals surface area contributed by atoms with Crippen LogP contribution in [0, 0.1) is 5.92 Å². The first kappa shape index (κ1) is 9.26. The van der Waals surface area contributed by atoms with Crippen LogP contribution in [0.3, 0.4) is 0 Å². The smallest absolute Gasteiger partial charge is 0.308 e. The van der Waals surface area contributed by atoms with Crippen molar-refractivity contribution in [2.75, 3.05) is 0 Å². The zero-order chi connectivity index (χ0) is 8.97. The summed E-state index contributed by atoms with van der Waals surface area (Å²) in [5.41, 5.74) is 1.06. The molecule has 0 saturated carbocycles. The highest BCUT2D eigenvalue weighted by molar-refractivity contribution is 7.07. The molecule has 66 valence electrons. The molecular formula is C9H12O2S. The van der Waals surface area contributed by atoms with Crippen LogP contribution in [-0.2, 0) is 16.1 Å². The zero-order valence-corrected chi connectivity index (χ0v) is 8.06. The first-order chi connectivity index (χ1) is 5.70. The summed E-state index contributed by atoms with van der Waals surface area (Å²) < 4.78 is 5.02. The maximum atomic E-state index is 11.0. The van der Waals surface area contributed by atoms with Crippen molar-refractivity contribution in [3.8, 4) is 0 Å². The number of ether oxygens (including phenoxy) is 1. The van der Waals surface area contributed by atoms with E-state index in [0.717, 1.165) is 5.56 Å². The second-order valence-electron chi connectivity index (χ2n) is 2.89. The Balaban J connectivity index is 2.32. The maximum absolute atomic E-state index is 11.0. The highest BCUT2D eigenvalue weighted by Crippen LogP contribution is 2.08. The van der Waals surface area contributed by atoms with Crippen LogP contribution in [0.5, 0.6) is 0 Å². The average Bonchev–Trinajstić information content (AvgIpc) is 2.51. The minimum absolute atomic E-state index is 0.0383. The van der Waals surface area contributed by atoms with Gasteiger partial charge in [-0.3, -0.25) is 4.79 Å². The molecule has 0 saturated heterocycles. The lowest BCUT2D eigenvalue weighted by Crippen LogP contribution is -2.10. The number of hydrogen-bond acceptors (Lipinski definition) is 3. The SMILES string of the molecule is CC(C)C(=O)OCc1ccsc1. The molecule has 0 aliphatic rings. The van der Waals surface area contributed by atoms with Gasteiger partial charge in [0.15, 0.2) is 0 Å². The van der Waals surface area contributed by atoms with E-state index in [1.54, 1.807) is 11.3 Å². The van der Waals surface area contributed by atoms with Gasteiger partial charge in [0, 0.05) is 5.56 Å². The molecule has 0 aliphatic carbocycles. The van der Waals surface area contributed by atoms with Crippen molar-refractivity contribution in [3.63, 3.8) is 0 Å². The second kappa shape index (κ2) is 4.26. The average molecular weight is 184 g/mol. The topological polar surface area (TPSA) is 26.3 Å². The molecule has 0 spiro atoms. The van der Waals surface area contributed by atoms with Crippen LogP contribution in [0.2, 0.25) is 0 Å². The van der Waals surface area contributed by atoms with Crippen molar-refractivity contribution in [2.45, 2.75) is 20.5 Å². The summed E-state index contributed by atoms with van der Waals surface area (Å²) in [5.74, 6) is -0.176. The monoisotopic (exact) mass is 184 g/mol. The van der Waals surface area contributed by atoms with Gasteiger partial charge in [0.05, 0.1) is 5.92 Å². The van der Waals surface area contributed by atoms with E-state index >= 15 is 0 Å². The summed E-state index contributed by atoms with van der Waals surface area (Å²) in [5, 5.41) is 3.95. The van der Waals surface area contributed by atoms with E-state index in [0.29, 0.717) is 6.61 Å². The Morgan fingerprint density at radius 2 is 2.42 bits per heavy atom. The summed E-state index contributed by atoms with van der Waals surface area (Å²) in [7, 11) is 0. The molecule has 0 radical (unpaired) electrons. The van der Waals surface area contributed by atoms with Crippen molar-refractivity contribution in [2.24, 2.45) is 5.92 Å². The van der Waals surface area contributed by atoms with Crippen molar-refractivity contribution >= 4 is 17.3 Å². The molecule has 1 rings (SSSR count). The van der Waals surface area contributed by atoms with Crippen LogP contribution in [0.4, 0.5) is 0 Å². The molecule has 2 nitrogen and oxygen atoms in total. The molecule has 0 N–H and O–H groups in total. The van der Waals surface area contributed by atoms with Crippen LogP contribution in [0.25, 0.3) is 0 Å². The Kier molecular flexibility index (Phi) is 3.29. The summed E-state index contributed by atoms with van der Waals surface area (Å²) in [4.78, 5) is 11.0. The van der Waals surface area contributed by atoms with Crippen LogP contribution < -0.4 is 0 Å². The molecule has 0 aliphatic heterocycles. The van der Waals surface area contributed by atoms with Crippen LogP contribution in [-0.4, -0.2) is 5.97 Å². The van der Waals surface area contributed by atoms with Gasteiger partial charge in [0.25, 0.3) is 0 Å². The third kappa shape index (κ3) is 2.66. The Morgan fingerprint density at radius 1 is 1.67 bits per heavy atom. The molecule has 0 amide bonds. The highest BCUT2D eigenvalue weighted by Gasteiger charge is 2.07. The van der Waals surface area contributed by atoms with Gasteiger partial charge < -0.3 is 4.74 Å². The Labute approximate surface area is 76.2 Å². The van der Waals surface area contributed by atoms with Gasteiger partial charge in [-0.2, -0.15) is 11.3 Å². The molecule has 0 fully saturated rings. The number of carbonyl (C=O) groups is 1. The largest absolute Gasteiger partial charge is 0.461 e. The van der Waals surface area contributed by atoms with E-state index in [4.69, 9.17) is 4.74 Å². The number of hydrogen-bond donors (Lipinski definition) is 0. The van der Waals surface area contributed by atoms with Gasteiger partial charge in [-0.1, -0.05) is 13.8 Å². The van der Waals surface area contributed by atoms with Crippen molar-refractivity contribution in [1.29, 1.82) is 0 Å². The second-order valence-corrected chi connectivity index (χ2v) is 3.67. The van der Waals surface area contributed by atoms with Crippen LogP contribution in [0.15, 0.2) is 16.8 Å². The van der Waals surface area contributed by atoms with E-state index < -0.39 is 0 Å². The van der Waals surface area contributed by atoms with E-state index in [9.17, 15) is 4.79 Å². The summed E-state index contributed by atoms with van der Waals surface area (Å²) >= 11 is 1.61. The van der Waals surface area contributed by atoms with Gasteiger partial charge in [-0.15, -0.1) is 0 Å². The van der Waals surface area contributed by atoms with E-state index in [1.807, 2.05) is 30.7 Å². The maximum Gasteiger partial charge on any atom is 0.308 e. The van der Waals surface area contributed by atoms with Crippen molar-refractivity contribution in [3.05, 3.63) is 22.4 Å². The quantitative estimate of drug-likeness (QED) is 0.674. The minimum Gasteiger partial charge on any atom is -0.461 e. The minimum atomic E-state index is -0.138. The van der Waals surface area contributed by atoms with E-state index in [-0.39, 0.29) is 11.9 Å². The fraction of sp³-hybridized carbons (Fsp3) is 0.444. The third-order valence-electron chi connectivity index (χ3n) is 1.43. The standard InChI is InChI=1S/C9H12O2S/c1-7(2)9(10)11-5-8-3-4-12-6-8/h3-4,6-7H,5H2,1-2H3. The highest BCUT2D eigenvalue weighted by atomic mass is 32.1. The van der Waals surface area contributed by atoms with E-state index in [2.05, 4.69) is 0 Å². The molecule has 12 heavy (non-hydrogen) atoms. The summed E-state index contributed by atoms with van der Waals surface area (Å²) in [6.45, 7) is 4.06. The predicted octanol–water partition coefficient (Wildman–Crippen LogP) is 2.45. The molecule has 0 atom stereocenters. The lowest BCUT2D eigenvalue weighted by atomic mass is 10.2. The molecule has 0 bridgehead atoms. The number of carbonyl (C=O) groups excluding carboxylic acids is 1. The van der Waals surface area contributed by atoms with Gasteiger partial charge in [0.2, 0.25) is 0 Å². The first-order valence-corrected chi connectivity index (χ1v) is 4.82. The van der Waals surface area contributed by atoms with Gasteiger partial charge in [-0.05, 0) is 16.8 Å². The van der Waals surface area contributed by atoms with Crippen LogP contribution >= 0.6 is 11.3 Å². The summed E-state index contributed by atoms with van der Waals surface area (Å²) in [6, 6.07) is 1.96. The predicted molar refractivity (Wildman–Crippen MR) is 49.0 cm³/mol. The van der Waals surface area contributed by atoms with E-state index in [1.165, 1.54) is 0 Å². The summed E-state index contributed by atoms with van der Waals surface area (Å²) in [6.07, 6.45) is 0. The molecule has 1 aromatic rings. The molecule has 0 unspecified atom stereocenters. The lowest BCUT2D eigenvalue weighted by molar-refractivity contribution is -0.148. The Bertz CT molecular complexity index is 239. The third-order valence-corrected chi connectivity index (χ3v) is 2.16. The molecule has 1 aromatic heterocycles. The number of esters is 1. The van der Waals surface area contributed by atoms with Gasteiger partial charge in [-0.25, -0.2) is 0 Å². The van der Waals surface area contributed by atoms with Crippen LogP contribution in [0.1, 0.15) is 19.4 Å². The number of thiophene rings is 1. The van der Waals surface area contributed by atoms with Crippen molar-refractivity contribution < 1.29 is 9.53 Å². The number of rotatable bonds is 3. The lowest BCUT2D eigenvalue weighted by Gasteiger charge is -2.04. The Hall–Kier alpha value is -0.830. The normalized spacial score (nSPS) is 10.2. The first-order valence-electron chi connectivity index (χ1n) is 3.88. The molecular weight excluding hydrogens is 172 g/mol.